The van der Waals surface area contributed by atoms with Gasteiger partial charge in [0.2, 0.25) is 0 Å². The van der Waals surface area contributed by atoms with Crippen LogP contribution in [-0.2, 0) is 9.53 Å². The molecule has 0 heterocycles. The lowest BCUT2D eigenvalue weighted by Gasteiger charge is -2.15. The number of rotatable bonds is 6. The summed E-state index contributed by atoms with van der Waals surface area (Å²) in [7, 11) is 1.31. The Morgan fingerprint density at radius 3 is 2.58 bits per heavy atom. The highest BCUT2D eigenvalue weighted by molar-refractivity contribution is 9.10. The third-order valence-corrected chi connectivity index (χ3v) is 3.85. The number of amides is 1. The van der Waals surface area contributed by atoms with Crippen LogP contribution in [-0.4, -0.2) is 25.0 Å². The number of halogens is 1. The number of hydrogen-bond acceptors (Lipinski definition) is 3. The zero-order valence-electron chi connectivity index (χ0n) is 13.2. The summed E-state index contributed by atoms with van der Waals surface area (Å²) in [6, 6.07) is 16.0. The molecule has 2 aromatic carbocycles. The maximum atomic E-state index is 12.3. The van der Waals surface area contributed by atoms with Crippen molar-refractivity contribution in [1.82, 2.24) is 5.32 Å². The van der Waals surface area contributed by atoms with Crippen LogP contribution < -0.4 is 5.32 Å². The number of carbonyl (C=O) groups excluding carboxylic acids is 2. The van der Waals surface area contributed by atoms with E-state index >= 15 is 0 Å². The van der Waals surface area contributed by atoms with Gasteiger partial charge in [0.25, 0.3) is 5.91 Å². The van der Waals surface area contributed by atoms with E-state index in [2.05, 4.69) is 21.2 Å². The molecule has 2 rings (SSSR count). The van der Waals surface area contributed by atoms with Crippen molar-refractivity contribution in [3.63, 3.8) is 0 Å². The third kappa shape index (κ3) is 5.35. The van der Waals surface area contributed by atoms with Crippen molar-refractivity contribution in [1.29, 1.82) is 0 Å². The van der Waals surface area contributed by atoms with Crippen LogP contribution in [0.2, 0.25) is 0 Å². The first kappa shape index (κ1) is 17.9. The maximum absolute atomic E-state index is 12.3. The number of benzene rings is 2. The van der Waals surface area contributed by atoms with E-state index in [0.29, 0.717) is 12.0 Å². The summed E-state index contributed by atoms with van der Waals surface area (Å²) >= 11 is 3.32. The van der Waals surface area contributed by atoms with E-state index in [1.807, 2.05) is 48.6 Å². The standard InChI is InChI=1S/C19H18BrNO3/c1-24-19(23)17(12-5-9-14-7-3-2-4-8-14)21-18(22)15-10-6-11-16(20)13-15/h2-11,13,17H,12H2,1H3,(H,21,22)/b9-5+/t17-/m0/s1. The molecule has 0 aliphatic carbocycles. The molecule has 4 nitrogen and oxygen atoms in total. The van der Waals surface area contributed by atoms with Crippen LogP contribution in [0.1, 0.15) is 22.3 Å². The van der Waals surface area contributed by atoms with Gasteiger partial charge in [-0.1, -0.05) is 64.5 Å². The number of ether oxygens (including phenoxy) is 1. The van der Waals surface area contributed by atoms with Gasteiger partial charge in [0.15, 0.2) is 0 Å². The molecule has 0 aliphatic heterocycles. The van der Waals surface area contributed by atoms with Crippen molar-refractivity contribution in [2.45, 2.75) is 12.5 Å². The van der Waals surface area contributed by atoms with Gasteiger partial charge in [0.1, 0.15) is 6.04 Å². The quantitative estimate of drug-likeness (QED) is 0.766. The molecule has 2 aromatic rings. The number of esters is 1. The normalized spacial score (nSPS) is 11.9. The van der Waals surface area contributed by atoms with E-state index in [0.717, 1.165) is 10.0 Å². The Bertz CT molecular complexity index is 728. The molecular weight excluding hydrogens is 370 g/mol. The lowest BCUT2D eigenvalue weighted by molar-refractivity contribution is -0.142. The van der Waals surface area contributed by atoms with E-state index in [-0.39, 0.29) is 5.91 Å². The molecule has 0 bridgehead atoms. The van der Waals surface area contributed by atoms with E-state index in [1.165, 1.54) is 7.11 Å². The predicted molar refractivity (Wildman–Crippen MR) is 97.5 cm³/mol. The van der Waals surface area contributed by atoms with Gasteiger partial charge in [0, 0.05) is 10.0 Å². The molecule has 0 aliphatic rings. The second-order valence-corrected chi connectivity index (χ2v) is 6.02. The zero-order chi connectivity index (χ0) is 17.4. The molecule has 0 aromatic heterocycles. The highest BCUT2D eigenvalue weighted by atomic mass is 79.9. The van der Waals surface area contributed by atoms with Crippen LogP contribution in [0.3, 0.4) is 0 Å². The van der Waals surface area contributed by atoms with Crippen LogP contribution in [0.5, 0.6) is 0 Å². The van der Waals surface area contributed by atoms with Crippen molar-refractivity contribution in [2.75, 3.05) is 7.11 Å². The SMILES string of the molecule is COC(=O)[C@H](C/C=C/c1ccccc1)NC(=O)c1cccc(Br)c1. The minimum Gasteiger partial charge on any atom is -0.467 e. The average Bonchev–Trinajstić information content (AvgIpc) is 2.61. The second-order valence-electron chi connectivity index (χ2n) is 5.11. The van der Waals surface area contributed by atoms with E-state index < -0.39 is 12.0 Å². The second kappa shape index (κ2) is 9.03. The van der Waals surface area contributed by atoms with Crippen LogP contribution in [0, 0.1) is 0 Å². The molecule has 1 N–H and O–H groups in total. The molecule has 5 heteroatoms. The Labute approximate surface area is 149 Å². The van der Waals surface area contributed by atoms with Crippen LogP contribution in [0.4, 0.5) is 0 Å². The summed E-state index contributed by atoms with van der Waals surface area (Å²) in [5.74, 6) is -0.795. The van der Waals surface area contributed by atoms with Gasteiger partial charge in [0.05, 0.1) is 7.11 Å². The maximum Gasteiger partial charge on any atom is 0.328 e. The monoisotopic (exact) mass is 387 g/mol. The number of nitrogens with one attached hydrogen (secondary N) is 1. The van der Waals surface area contributed by atoms with Gasteiger partial charge < -0.3 is 10.1 Å². The fourth-order valence-corrected chi connectivity index (χ4v) is 2.53. The summed E-state index contributed by atoms with van der Waals surface area (Å²) in [6.07, 6.45) is 4.10. The number of methoxy groups -OCH3 is 1. The van der Waals surface area contributed by atoms with Gasteiger partial charge in [-0.2, -0.15) is 0 Å². The third-order valence-electron chi connectivity index (χ3n) is 3.36. The summed E-state index contributed by atoms with van der Waals surface area (Å²) in [5, 5.41) is 2.71. The highest BCUT2D eigenvalue weighted by Crippen LogP contribution is 2.12. The lowest BCUT2D eigenvalue weighted by Crippen LogP contribution is -2.41. The van der Waals surface area contributed by atoms with Gasteiger partial charge in [-0.3, -0.25) is 4.79 Å². The lowest BCUT2D eigenvalue weighted by atomic mass is 10.1. The minimum absolute atomic E-state index is 0.320. The van der Waals surface area contributed by atoms with Crippen LogP contribution >= 0.6 is 15.9 Å². The first-order chi connectivity index (χ1) is 11.6. The average molecular weight is 388 g/mol. The van der Waals surface area contributed by atoms with Gasteiger partial charge in [-0.25, -0.2) is 4.79 Å². The number of carbonyl (C=O) groups is 2. The molecule has 0 unspecified atom stereocenters. The Kier molecular flexibility index (Phi) is 6.75. The number of hydrogen-bond donors (Lipinski definition) is 1. The first-order valence-electron chi connectivity index (χ1n) is 7.46. The zero-order valence-corrected chi connectivity index (χ0v) is 14.8. The van der Waals surface area contributed by atoms with Crippen molar-refractivity contribution in [3.05, 3.63) is 76.3 Å². The Morgan fingerprint density at radius 2 is 1.92 bits per heavy atom. The van der Waals surface area contributed by atoms with Crippen molar-refractivity contribution in [2.24, 2.45) is 0 Å². The van der Waals surface area contributed by atoms with Crippen LogP contribution in [0.25, 0.3) is 6.08 Å². The van der Waals surface area contributed by atoms with E-state index in [4.69, 9.17) is 4.74 Å². The molecule has 0 radical (unpaired) electrons. The van der Waals surface area contributed by atoms with Crippen LogP contribution in [0.15, 0.2) is 65.1 Å². The summed E-state index contributed by atoms with van der Waals surface area (Å²) < 4.78 is 5.58. The fraction of sp³-hybridized carbons (Fsp3) is 0.158. The van der Waals surface area contributed by atoms with Gasteiger partial charge >= 0.3 is 5.97 Å². The summed E-state index contributed by atoms with van der Waals surface area (Å²) in [6.45, 7) is 0. The Morgan fingerprint density at radius 1 is 1.17 bits per heavy atom. The molecular formula is C19H18BrNO3. The largest absolute Gasteiger partial charge is 0.467 e. The molecule has 0 saturated carbocycles. The molecule has 0 fully saturated rings. The Balaban J connectivity index is 2.04. The minimum atomic E-state index is -0.735. The van der Waals surface area contributed by atoms with Gasteiger partial charge in [-0.15, -0.1) is 0 Å². The van der Waals surface area contributed by atoms with E-state index in [9.17, 15) is 9.59 Å². The molecule has 0 spiro atoms. The summed E-state index contributed by atoms with van der Waals surface area (Å²) in [4.78, 5) is 24.2. The first-order valence-corrected chi connectivity index (χ1v) is 8.25. The molecule has 24 heavy (non-hydrogen) atoms. The van der Waals surface area contributed by atoms with Crippen molar-refractivity contribution < 1.29 is 14.3 Å². The predicted octanol–water partition coefficient (Wildman–Crippen LogP) is 3.82. The molecule has 1 amide bonds. The fourth-order valence-electron chi connectivity index (χ4n) is 2.13. The molecule has 1 atom stereocenters. The van der Waals surface area contributed by atoms with Gasteiger partial charge in [-0.05, 0) is 30.2 Å². The van der Waals surface area contributed by atoms with E-state index in [1.54, 1.807) is 18.2 Å². The van der Waals surface area contributed by atoms with Crippen molar-refractivity contribution in [3.8, 4) is 0 Å². The topological polar surface area (TPSA) is 55.4 Å². The molecule has 0 saturated heterocycles. The summed E-state index contributed by atoms with van der Waals surface area (Å²) in [5.41, 5.74) is 1.50. The Hall–Kier alpha value is -2.40. The smallest absolute Gasteiger partial charge is 0.328 e. The highest BCUT2D eigenvalue weighted by Gasteiger charge is 2.20. The van der Waals surface area contributed by atoms with Crippen molar-refractivity contribution >= 4 is 33.9 Å². The molecule has 124 valence electrons.